The minimum absolute atomic E-state index is 0.0458. The second kappa shape index (κ2) is 8.43. The van der Waals surface area contributed by atoms with E-state index in [1.54, 1.807) is 18.5 Å². The molecule has 0 aromatic carbocycles. The molecule has 2 saturated heterocycles. The number of carbonyl (C=O) groups is 2. The molecule has 3 heterocycles. The van der Waals surface area contributed by atoms with Crippen LogP contribution in [0.15, 0.2) is 24.5 Å². The number of likely N-dealkylation sites (tertiary alicyclic amines) is 1. The molecule has 0 N–H and O–H groups in total. The SMILES string of the molecule is CCC1CN(C(=O)c2cccnc2)CCC1CC(=O)N1CCOCC1. The van der Waals surface area contributed by atoms with Crippen LogP contribution in [0.25, 0.3) is 0 Å². The largest absolute Gasteiger partial charge is 0.378 e. The summed E-state index contributed by atoms with van der Waals surface area (Å²) in [4.78, 5) is 33.1. The molecular formula is C19H27N3O3. The molecule has 1 aromatic rings. The minimum atomic E-state index is 0.0458. The second-order valence-electron chi connectivity index (χ2n) is 6.91. The van der Waals surface area contributed by atoms with E-state index in [0.29, 0.717) is 56.7 Å². The molecule has 3 rings (SSSR count). The lowest BCUT2D eigenvalue weighted by molar-refractivity contribution is -0.137. The summed E-state index contributed by atoms with van der Waals surface area (Å²) in [6, 6.07) is 3.60. The van der Waals surface area contributed by atoms with Crippen LogP contribution >= 0.6 is 0 Å². The van der Waals surface area contributed by atoms with Crippen LogP contribution in [0.3, 0.4) is 0 Å². The molecule has 2 aliphatic rings. The molecule has 2 unspecified atom stereocenters. The van der Waals surface area contributed by atoms with E-state index in [9.17, 15) is 9.59 Å². The van der Waals surface area contributed by atoms with Crippen molar-refractivity contribution in [2.24, 2.45) is 11.8 Å². The van der Waals surface area contributed by atoms with Crippen LogP contribution in [0, 0.1) is 11.8 Å². The van der Waals surface area contributed by atoms with Gasteiger partial charge in [-0.15, -0.1) is 0 Å². The lowest BCUT2D eigenvalue weighted by atomic mass is 9.81. The van der Waals surface area contributed by atoms with Crippen molar-refractivity contribution in [2.75, 3.05) is 39.4 Å². The third-order valence-electron chi connectivity index (χ3n) is 5.41. The van der Waals surface area contributed by atoms with Gasteiger partial charge >= 0.3 is 0 Å². The Morgan fingerprint density at radius 3 is 2.68 bits per heavy atom. The van der Waals surface area contributed by atoms with Gasteiger partial charge in [-0.1, -0.05) is 13.3 Å². The van der Waals surface area contributed by atoms with E-state index in [2.05, 4.69) is 11.9 Å². The van der Waals surface area contributed by atoms with Crippen molar-refractivity contribution in [3.8, 4) is 0 Å². The summed E-state index contributed by atoms with van der Waals surface area (Å²) in [7, 11) is 0. The third kappa shape index (κ3) is 4.37. The van der Waals surface area contributed by atoms with Crippen molar-refractivity contribution in [1.82, 2.24) is 14.8 Å². The Labute approximate surface area is 149 Å². The number of amides is 2. The summed E-state index contributed by atoms with van der Waals surface area (Å²) in [6.07, 6.45) is 5.76. The fourth-order valence-electron chi connectivity index (χ4n) is 3.83. The predicted octanol–water partition coefficient (Wildman–Crippen LogP) is 1.82. The molecule has 6 nitrogen and oxygen atoms in total. The zero-order valence-corrected chi connectivity index (χ0v) is 14.9. The van der Waals surface area contributed by atoms with E-state index >= 15 is 0 Å². The van der Waals surface area contributed by atoms with Gasteiger partial charge in [0.25, 0.3) is 5.91 Å². The smallest absolute Gasteiger partial charge is 0.255 e. The molecule has 0 bridgehead atoms. The number of hydrogen-bond donors (Lipinski definition) is 0. The molecule has 6 heteroatoms. The summed E-state index contributed by atoms with van der Waals surface area (Å²) in [5.74, 6) is 1.01. The first-order chi connectivity index (χ1) is 12.2. The molecule has 0 spiro atoms. The van der Waals surface area contributed by atoms with Crippen LogP contribution in [-0.2, 0) is 9.53 Å². The number of nitrogens with zero attached hydrogens (tertiary/aromatic N) is 3. The van der Waals surface area contributed by atoms with E-state index in [1.807, 2.05) is 15.9 Å². The van der Waals surface area contributed by atoms with E-state index in [4.69, 9.17) is 4.74 Å². The highest BCUT2D eigenvalue weighted by Crippen LogP contribution is 2.30. The Kier molecular flexibility index (Phi) is 6.02. The summed E-state index contributed by atoms with van der Waals surface area (Å²) in [6.45, 7) is 6.27. The Balaban J connectivity index is 1.58. The first kappa shape index (κ1) is 17.9. The standard InChI is InChI=1S/C19H27N3O3/c1-2-15-14-22(19(24)17-4-3-6-20-13-17)7-5-16(15)12-18(23)21-8-10-25-11-9-21/h3-4,6,13,15-16H,2,5,7-12,14H2,1H3. The number of piperidine rings is 1. The molecule has 2 atom stereocenters. The van der Waals surface area contributed by atoms with Gasteiger partial charge in [0.1, 0.15) is 0 Å². The van der Waals surface area contributed by atoms with E-state index in [0.717, 1.165) is 19.4 Å². The fourth-order valence-corrected chi connectivity index (χ4v) is 3.83. The molecule has 0 aliphatic carbocycles. The van der Waals surface area contributed by atoms with Crippen LogP contribution < -0.4 is 0 Å². The van der Waals surface area contributed by atoms with Crippen LogP contribution in [0.1, 0.15) is 36.5 Å². The molecule has 0 saturated carbocycles. The van der Waals surface area contributed by atoms with Gasteiger partial charge in [-0.3, -0.25) is 14.6 Å². The predicted molar refractivity (Wildman–Crippen MR) is 94.0 cm³/mol. The number of ether oxygens (including phenoxy) is 1. The van der Waals surface area contributed by atoms with Crippen molar-refractivity contribution < 1.29 is 14.3 Å². The van der Waals surface area contributed by atoms with Gasteiger partial charge in [-0.05, 0) is 30.4 Å². The van der Waals surface area contributed by atoms with Crippen LogP contribution in [0.2, 0.25) is 0 Å². The van der Waals surface area contributed by atoms with Crippen LogP contribution in [0.4, 0.5) is 0 Å². The van der Waals surface area contributed by atoms with Gasteiger partial charge < -0.3 is 14.5 Å². The average Bonchev–Trinajstić information content (AvgIpc) is 2.69. The molecule has 136 valence electrons. The Morgan fingerprint density at radius 1 is 1.20 bits per heavy atom. The average molecular weight is 345 g/mol. The molecule has 2 fully saturated rings. The zero-order valence-electron chi connectivity index (χ0n) is 14.9. The molecule has 2 aliphatic heterocycles. The maximum absolute atomic E-state index is 12.6. The third-order valence-corrected chi connectivity index (χ3v) is 5.41. The summed E-state index contributed by atoms with van der Waals surface area (Å²) in [5, 5.41) is 0. The summed E-state index contributed by atoms with van der Waals surface area (Å²) >= 11 is 0. The Hall–Kier alpha value is -1.95. The lowest BCUT2D eigenvalue weighted by Crippen LogP contribution is -2.46. The number of pyridine rings is 1. The Morgan fingerprint density at radius 2 is 2.00 bits per heavy atom. The number of hydrogen-bond acceptors (Lipinski definition) is 4. The summed E-state index contributed by atoms with van der Waals surface area (Å²) < 4.78 is 5.32. The molecular weight excluding hydrogens is 318 g/mol. The van der Waals surface area contributed by atoms with E-state index in [-0.39, 0.29) is 11.8 Å². The first-order valence-electron chi connectivity index (χ1n) is 9.24. The van der Waals surface area contributed by atoms with Crippen molar-refractivity contribution >= 4 is 11.8 Å². The first-order valence-corrected chi connectivity index (χ1v) is 9.24. The van der Waals surface area contributed by atoms with Crippen molar-refractivity contribution in [3.63, 3.8) is 0 Å². The van der Waals surface area contributed by atoms with Gasteiger partial charge in [0.2, 0.25) is 5.91 Å². The van der Waals surface area contributed by atoms with Gasteiger partial charge in [-0.25, -0.2) is 0 Å². The van der Waals surface area contributed by atoms with Crippen molar-refractivity contribution in [3.05, 3.63) is 30.1 Å². The van der Waals surface area contributed by atoms with Crippen LogP contribution in [-0.4, -0.2) is 66.0 Å². The highest BCUT2D eigenvalue weighted by atomic mass is 16.5. The molecule has 2 amide bonds. The van der Waals surface area contributed by atoms with Gasteiger partial charge in [0.05, 0.1) is 18.8 Å². The maximum Gasteiger partial charge on any atom is 0.255 e. The monoisotopic (exact) mass is 345 g/mol. The Bertz CT molecular complexity index is 587. The normalized spacial score (nSPS) is 24.2. The highest BCUT2D eigenvalue weighted by molar-refractivity contribution is 5.94. The molecule has 1 aromatic heterocycles. The van der Waals surface area contributed by atoms with Crippen molar-refractivity contribution in [2.45, 2.75) is 26.2 Å². The quantitative estimate of drug-likeness (QED) is 0.835. The zero-order chi connectivity index (χ0) is 17.6. The number of aromatic nitrogens is 1. The summed E-state index contributed by atoms with van der Waals surface area (Å²) in [5.41, 5.74) is 0.639. The van der Waals surface area contributed by atoms with Gasteiger partial charge in [0, 0.05) is 45.0 Å². The number of carbonyl (C=O) groups excluding carboxylic acids is 2. The second-order valence-corrected chi connectivity index (χ2v) is 6.91. The number of morpholine rings is 1. The van der Waals surface area contributed by atoms with Gasteiger partial charge in [0.15, 0.2) is 0 Å². The molecule has 0 radical (unpaired) electrons. The van der Waals surface area contributed by atoms with Crippen LogP contribution in [0.5, 0.6) is 0 Å². The fraction of sp³-hybridized carbons (Fsp3) is 0.632. The highest BCUT2D eigenvalue weighted by Gasteiger charge is 2.33. The number of rotatable bonds is 4. The topological polar surface area (TPSA) is 62.7 Å². The lowest BCUT2D eigenvalue weighted by Gasteiger charge is -2.39. The van der Waals surface area contributed by atoms with Gasteiger partial charge in [-0.2, -0.15) is 0 Å². The minimum Gasteiger partial charge on any atom is -0.378 e. The molecule has 25 heavy (non-hydrogen) atoms. The van der Waals surface area contributed by atoms with E-state index in [1.165, 1.54) is 0 Å². The maximum atomic E-state index is 12.6. The van der Waals surface area contributed by atoms with Crippen molar-refractivity contribution in [1.29, 1.82) is 0 Å². The van der Waals surface area contributed by atoms with E-state index < -0.39 is 0 Å².